The standard InChI is InChI=1S/C21H23ClN2O4S/c1-28-16-5-7-17(8-6-16)29(26,27)24-15-4-9-18(19(22)12-15)21(25)23-20-11-13-2-3-14(20)10-13/h4-9,12-14,20,24H,2-3,10-11H2,1H3,(H,23,25)/t13-,14+,20+/m0/s1. The Bertz CT molecular complexity index is 1020. The van der Waals surface area contributed by atoms with Crippen LogP contribution in [0, 0.1) is 11.8 Å². The fourth-order valence-corrected chi connectivity index (χ4v) is 5.72. The monoisotopic (exact) mass is 434 g/mol. The van der Waals surface area contributed by atoms with E-state index in [9.17, 15) is 13.2 Å². The van der Waals surface area contributed by atoms with Crippen molar-refractivity contribution in [2.24, 2.45) is 11.8 Å². The second-order valence-corrected chi connectivity index (χ2v) is 9.82. The summed E-state index contributed by atoms with van der Waals surface area (Å²) in [6, 6.07) is 10.8. The molecule has 4 rings (SSSR count). The highest BCUT2D eigenvalue weighted by Gasteiger charge is 2.40. The van der Waals surface area contributed by atoms with Crippen molar-refractivity contribution in [2.75, 3.05) is 11.8 Å². The number of hydrogen-bond donors (Lipinski definition) is 2. The van der Waals surface area contributed by atoms with Gasteiger partial charge in [-0.2, -0.15) is 0 Å². The quantitative estimate of drug-likeness (QED) is 0.717. The summed E-state index contributed by atoms with van der Waals surface area (Å²) in [5.41, 5.74) is 0.643. The molecule has 2 saturated carbocycles. The molecular weight excluding hydrogens is 412 g/mol. The van der Waals surface area contributed by atoms with E-state index >= 15 is 0 Å². The van der Waals surface area contributed by atoms with Crippen LogP contribution in [0.5, 0.6) is 5.75 Å². The van der Waals surface area contributed by atoms with E-state index in [1.165, 1.54) is 44.6 Å². The van der Waals surface area contributed by atoms with Crippen molar-refractivity contribution in [3.8, 4) is 5.75 Å². The molecule has 2 bridgehead atoms. The second kappa shape index (κ2) is 7.88. The number of hydrogen-bond acceptors (Lipinski definition) is 4. The Kier molecular flexibility index (Phi) is 5.44. The zero-order chi connectivity index (χ0) is 20.6. The third-order valence-electron chi connectivity index (χ3n) is 5.89. The number of carbonyl (C=O) groups excluding carboxylic acids is 1. The summed E-state index contributed by atoms with van der Waals surface area (Å²) in [6.07, 6.45) is 4.68. The Morgan fingerprint density at radius 3 is 2.45 bits per heavy atom. The molecule has 0 spiro atoms. The van der Waals surface area contributed by atoms with Crippen LogP contribution in [0.15, 0.2) is 47.4 Å². The molecule has 29 heavy (non-hydrogen) atoms. The van der Waals surface area contributed by atoms with Crippen LogP contribution in [0.4, 0.5) is 5.69 Å². The highest BCUT2D eigenvalue weighted by molar-refractivity contribution is 7.92. The predicted molar refractivity (Wildman–Crippen MR) is 112 cm³/mol. The minimum absolute atomic E-state index is 0.104. The van der Waals surface area contributed by atoms with Crippen molar-refractivity contribution in [1.29, 1.82) is 0 Å². The van der Waals surface area contributed by atoms with Gasteiger partial charge >= 0.3 is 0 Å². The zero-order valence-electron chi connectivity index (χ0n) is 16.0. The number of ether oxygens (including phenoxy) is 1. The molecule has 2 fully saturated rings. The molecule has 0 unspecified atom stereocenters. The summed E-state index contributed by atoms with van der Waals surface area (Å²) in [6.45, 7) is 0. The van der Waals surface area contributed by atoms with Crippen molar-refractivity contribution in [3.05, 3.63) is 53.1 Å². The van der Waals surface area contributed by atoms with E-state index in [-0.39, 0.29) is 21.9 Å². The summed E-state index contributed by atoms with van der Waals surface area (Å²) < 4.78 is 32.7. The number of benzene rings is 2. The van der Waals surface area contributed by atoms with Gasteiger partial charge in [0.05, 0.1) is 28.3 Å². The lowest BCUT2D eigenvalue weighted by atomic mass is 9.95. The molecule has 3 atom stereocenters. The topological polar surface area (TPSA) is 84.5 Å². The van der Waals surface area contributed by atoms with Gasteiger partial charge in [-0.15, -0.1) is 0 Å². The van der Waals surface area contributed by atoms with Crippen molar-refractivity contribution in [2.45, 2.75) is 36.6 Å². The molecule has 0 radical (unpaired) electrons. The summed E-state index contributed by atoms with van der Waals surface area (Å²) >= 11 is 6.29. The number of carbonyl (C=O) groups is 1. The first-order valence-electron chi connectivity index (χ1n) is 9.63. The van der Waals surface area contributed by atoms with Gasteiger partial charge in [-0.05, 0) is 73.6 Å². The molecule has 0 aliphatic heterocycles. The molecule has 154 valence electrons. The number of fused-ring (bicyclic) bond motifs is 2. The van der Waals surface area contributed by atoms with Crippen LogP contribution in [0.25, 0.3) is 0 Å². The van der Waals surface area contributed by atoms with E-state index in [0.717, 1.165) is 12.3 Å². The summed E-state index contributed by atoms with van der Waals surface area (Å²) in [5.74, 6) is 1.66. The number of nitrogens with one attached hydrogen (secondary N) is 2. The van der Waals surface area contributed by atoms with Gasteiger partial charge in [0.2, 0.25) is 0 Å². The Balaban J connectivity index is 1.45. The average molecular weight is 435 g/mol. The lowest BCUT2D eigenvalue weighted by molar-refractivity contribution is 0.0923. The number of methoxy groups -OCH3 is 1. The van der Waals surface area contributed by atoms with Crippen molar-refractivity contribution >= 4 is 33.2 Å². The summed E-state index contributed by atoms with van der Waals surface area (Å²) in [5, 5.41) is 3.31. The van der Waals surface area contributed by atoms with E-state index in [0.29, 0.717) is 22.9 Å². The van der Waals surface area contributed by atoms with Crippen LogP contribution in [0.3, 0.4) is 0 Å². The maximum atomic E-state index is 12.6. The fourth-order valence-electron chi connectivity index (χ4n) is 4.40. The first-order valence-corrected chi connectivity index (χ1v) is 11.5. The predicted octanol–water partition coefficient (Wildman–Crippen LogP) is 4.07. The highest BCUT2D eigenvalue weighted by atomic mass is 35.5. The van der Waals surface area contributed by atoms with E-state index in [2.05, 4.69) is 10.0 Å². The summed E-state index contributed by atoms with van der Waals surface area (Å²) in [4.78, 5) is 12.7. The Hall–Kier alpha value is -2.25. The smallest absolute Gasteiger partial charge is 0.261 e. The SMILES string of the molecule is COc1ccc(S(=O)(=O)Nc2ccc(C(=O)N[C@@H]3C[C@H]4CC[C@@H]3C4)c(Cl)c2)cc1. The third-order valence-corrected chi connectivity index (χ3v) is 7.60. The van der Waals surface area contributed by atoms with E-state index in [1.807, 2.05) is 0 Å². The Morgan fingerprint density at radius 1 is 1.10 bits per heavy atom. The van der Waals surface area contributed by atoms with Crippen LogP contribution >= 0.6 is 11.6 Å². The van der Waals surface area contributed by atoms with Crippen LogP contribution in [0.2, 0.25) is 5.02 Å². The van der Waals surface area contributed by atoms with Gasteiger partial charge in [-0.3, -0.25) is 9.52 Å². The van der Waals surface area contributed by atoms with Crippen molar-refractivity contribution in [3.63, 3.8) is 0 Å². The van der Waals surface area contributed by atoms with E-state index < -0.39 is 10.0 Å². The van der Waals surface area contributed by atoms with Crippen molar-refractivity contribution in [1.82, 2.24) is 5.32 Å². The molecular formula is C21H23ClN2O4S. The zero-order valence-corrected chi connectivity index (χ0v) is 17.6. The van der Waals surface area contributed by atoms with Gasteiger partial charge in [0, 0.05) is 6.04 Å². The molecule has 2 aliphatic carbocycles. The van der Waals surface area contributed by atoms with Gasteiger partial charge in [0.15, 0.2) is 0 Å². The molecule has 6 nitrogen and oxygen atoms in total. The summed E-state index contributed by atoms with van der Waals surface area (Å²) in [7, 11) is -2.26. The highest BCUT2D eigenvalue weighted by Crippen LogP contribution is 2.44. The Labute approximate surface area is 175 Å². The molecule has 0 heterocycles. The lowest BCUT2D eigenvalue weighted by Crippen LogP contribution is -2.38. The van der Waals surface area contributed by atoms with Crippen LogP contribution in [-0.4, -0.2) is 27.5 Å². The number of rotatable bonds is 6. The molecule has 0 saturated heterocycles. The molecule has 0 aromatic heterocycles. The molecule has 2 aromatic rings. The first kappa shape index (κ1) is 20.0. The van der Waals surface area contributed by atoms with Crippen LogP contribution < -0.4 is 14.8 Å². The van der Waals surface area contributed by atoms with E-state index in [4.69, 9.17) is 16.3 Å². The van der Waals surface area contributed by atoms with Gasteiger partial charge in [-0.1, -0.05) is 18.0 Å². The molecule has 2 aliphatic rings. The minimum atomic E-state index is -3.78. The maximum Gasteiger partial charge on any atom is 0.261 e. The average Bonchev–Trinajstić information content (AvgIpc) is 3.31. The maximum absolute atomic E-state index is 12.6. The van der Waals surface area contributed by atoms with E-state index in [1.54, 1.807) is 24.3 Å². The molecule has 2 N–H and O–H groups in total. The molecule has 2 aromatic carbocycles. The van der Waals surface area contributed by atoms with Crippen LogP contribution in [-0.2, 0) is 10.0 Å². The number of amides is 1. The van der Waals surface area contributed by atoms with Gasteiger partial charge < -0.3 is 10.1 Å². The molecule has 8 heteroatoms. The van der Waals surface area contributed by atoms with Crippen LogP contribution in [0.1, 0.15) is 36.0 Å². The number of sulfonamides is 1. The number of anilines is 1. The van der Waals surface area contributed by atoms with Gasteiger partial charge in [-0.25, -0.2) is 8.42 Å². The largest absolute Gasteiger partial charge is 0.497 e. The van der Waals surface area contributed by atoms with Gasteiger partial charge in [0.25, 0.3) is 15.9 Å². The molecule has 1 amide bonds. The fraction of sp³-hybridized carbons (Fsp3) is 0.381. The van der Waals surface area contributed by atoms with Gasteiger partial charge in [0.1, 0.15) is 5.75 Å². The van der Waals surface area contributed by atoms with Crippen molar-refractivity contribution < 1.29 is 17.9 Å². The number of halogens is 1. The normalized spacial score (nSPS) is 23.0. The third kappa shape index (κ3) is 4.21. The first-order chi connectivity index (χ1) is 13.9. The lowest BCUT2D eigenvalue weighted by Gasteiger charge is -2.23. The minimum Gasteiger partial charge on any atom is -0.497 e. The Morgan fingerprint density at radius 2 is 1.86 bits per heavy atom. The second-order valence-electron chi connectivity index (χ2n) is 7.73.